The first-order chi connectivity index (χ1) is 35.5. The Morgan fingerprint density at radius 1 is 0.466 bits per heavy atom. The second kappa shape index (κ2) is 55.0. The van der Waals surface area contributed by atoms with Crippen LogP contribution in [0.25, 0.3) is 0 Å². The number of amides is 1. The Hall–Kier alpha value is -1.80. The fraction of sp³-hybridized carbons (Fsp3) is 0.828. The van der Waals surface area contributed by atoms with E-state index in [0.717, 1.165) is 51.4 Å². The lowest BCUT2D eigenvalue weighted by molar-refractivity contribution is -0.870. The Bertz CT molecular complexity index is 1370. The van der Waals surface area contributed by atoms with E-state index in [-0.39, 0.29) is 19.1 Å². The van der Waals surface area contributed by atoms with E-state index in [4.69, 9.17) is 9.05 Å². The standard InChI is InChI=1S/C64H121N2O6P/c1-6-8-10-12-14-16-18-20-22-24-26-28-30-31-32-33-34-36-37-39-41-43-45-47-49-51-53-55-57-63(67)62(61-72-73(69,70)71-60-59-66(3,4)5)65-64(68)58-56-54-52-50-48-46-44-42-40-38-35-29-27-25-23-21-19-17-15-13-11-9-7-2/h19,21,25,27,39,41,47,49,55,57,62-63,67H,6-18,20,22-24,26,28-38,40,42-46,48,50-54,56,58-61H2,1-5H3,(H-,65,68,69,70)/p+1/b21-19-,27-25-,41-39+,49-47+,57-55+. The molecule has 8 nitrogen and oxygen atoms in total. The molecule has 0 aliphatic heterocycles. The van der Waals surface area contributed by atoms with Gasteiger partial charge in [-0.15, -0.1) is 0 Å². The molecule has 0 radical (unpaired) electrons. The van der Waals surface area contributed by atoms with Crippen molar-refractivity contribution in [3.05, 3.63) is 60.8 Å². The Labute approximate surface area is 453 Å². The summed E-state index contributed by atoms with van der Waals surface area (Å²) in [5.41, 5.74) is 0. The zero-order valence-corrected chi connectivity index (χ0v) is 49.8. The van der Waals surface area contributed by atoms with Crippen LogP contribution < -0.4 is 5.32 Å². The summed E-state index contributed by atoms with van der Waals surface area (Å²) in [5.74, 6) is -0.192. The third kappa shape index (κ3) is 57.7. The third-order valence-electron chi connectivity index (χ3n) is 13.9. The zero-order valence-electron chi connectivity index (χ0n) is 48.9. The molecule has 0 spiro atoms. The van der Waals surface area contributed by atoms with Gasteiger partial charge in [0.2, 0.25) is 5.91 Å². The average Bonchev–Trinajstić information content (AvgIpc) is 3.35. The number of rotatable bonds is 57. The first-order valence-electron chi connectivity index (χ1n) is 31.2. The number of nitrogens with one attached hydrogen (secondary N) is 1. The molecule has 1 amide bonds. The lowest BCUT2D eigenvalue weighted by Crippen LogP contribution is -2.45. The van der Waals surface area contributed by atoms with Crippen molar-refractivity contribution >= 4 is 13.7 Å². The van der Waals surface area contributed by atoms with E-state index >= 15 is 0 Å². The van der Waals surface area contributed by atoms with E-state index < -0.39 is 20.0 Å². The predicted molar refractivity (Wildman–Crippen MR) is 318 cm³/mol. The van der Waals surface area contributed by atoms with Gasteiger partial charge >= 0.3 is 7.82 Å². The monoisotopic (exact) mass is 1050 g/mol. The van der Waals surface area contributed by atoms with Gasteiger partial charge in [0.05, 0.1) is 39.9 Å². The molecular formula is C64H122N2O6P+. The van der Waals surface area contributed by atoms with Gasteiger partial charge in [0, 0.05) is 6.42 Å². The first kappa shape index (κ1) is 71.2. The Balaban J connectivity index is 4.23. The van der Waals surface area contributed by atoms with Gasteiger partial charge in [-0.3, -0.25) is 13.8 Å². The number of hydrogen-bond donors (Lipinski definition) is 3. The normalized spacial score (nSPS) is 14.2. The number of quaternary nitrogens is 1. The van der Waals surface area contributed by atoms with E-state index in [0.29, 0.717) is 17.4 Å². The van der Waals surface area contributed by atoms with Gasteiger partial charge in [-0.2, -0.15) is 0 Å². The molecule has 0 aromatic carbocycles. The molecule has 3 N–H and O–H groups in total. The molecule has 0 aliphatic carbocycles. The first-order valence-corrected chi connectivity index (χ1v) is 32.7. The summed E-state index contributed by atoms with van der Waals surface area (Å²) in [5, 5.41) is 13.9. The molecule has 0 aromatic rings. The van der Waals surface area contributed by atoms with Crippen LogP contribution in [0.5, 0.6) is 0 Å². The topological polar surface area (TPSA) is 105 Å². The maximum atomic E-state index is 13.0. The molecule has 428 valence electrons. The number of allylic oxidation sites excluding steroid dienone is 9. The van der Waals surface area contributed by atoms with E-state index in [1.165, 1.54) is 218 Å². The highest BCUT2D eigenvalue weighted by atomic mass is 31.2. The highest BCUT2D eigenvalue weighted by Gasteiger charge is 2.27. The lowest BCUT2D eigenvalue weighted by atomic mass is 10.0. The maximum Gasteiger partial charge on any atom is 0.472 e. The van der Waals surface area contributed by atoms with Crippen molar-refractivity contribution in [3.8, 4) is 0 Å². The Morgan fingerprint density at radius 2 is 0.795 bits per heavy atom. The van der Waals surface area contributed by atoms with E-state index in [2.05, 4.69) is 67.8 Å². The molecule has 0 saturated heterocycles. The predicted octanol–water partition coefficient (Wildman–Crippen LogP) is 19.3. The van der Waals surface area contributed by atoms with Gasteiger partial charge in [-0.1, -0.05) is 267 Å². The number of likely N-dealkylation sites (N-methyl/N-ethyl adjacent to an activating group) is 1. The second-order valence-electron chi connectivity index (χ2n) is 22.4. The van der Waals surface area contributed by atoms with Gasteiger partial charge < -0.3 is 19.8 Å². The molecule has 3 atom stereocenters. The molecule has 0 aliphatic rings. The van der Waals surface area contributed by atoms with Gasteiger partial charge in [0.25, 0.3) is 0 Å². The zero-order chi connectivity index (χ0) is 53.5. The van der Waals surface area contributed by atoms with Crippen molar-refractivity contribution in [2.24, 2.45) is 0 Å². The van der Waals surface area contributed by atoms with Gasteiger partial charge in [0.1, 0.15) is 13.2 Å². The van der Waals surface area contributed by atoms with Crippen LogP contribution in [-0.4, -0.2) is 73.4 Å². The highest BCUT2D eigenvalue weighted by molar-refractivity contribution is 7.47. The van der Waals surface area contributed by atoms with Crippen LogP contribution >= 0.6 is 7.82 Å². The summed E-state index contributed by atoms with van der Waals surface area (Å²) in [6.07, 6.45) is 74.9. The van der Waals surface area contributed by atoms with E-state index in [1.54, 1.807) is 6.08 Å². The number of hydrogen-bond acceptors (Lipinski definition) is 5. The molecule has 0 heterocycles. The number of nitrogens with zero attached hydrogens (tertiary/aromatic N) is 1. The summed E-state index contributed by atoms with van der Waals surface area (Å²) in [6, 6.07) is -0.874. The minimum Gasteiger partial charge on any atom is -0.387 e. The van der Waals surface area contributed by atoms with Crippen LogP contribution in [0.3, 0.4) is 0 Å². The molecule has 9 heteroatoms. The molecule has 73 heavy (non-hydrogen) atoms. The molecule has 0 bridgehead atoms. The molecule has 0 aromatic heterocycles. The number of phosphoric ester groups is 1. The smallest absolute Gasteiger partial charge is 0.387 e. The SMILES string of the molecule is CCCCCCC/C=C\C/C=C\CCCCCCCCCCCCCC(=O)NC(COP(=O)(O)OCC[N+](C)(C)C)C(O)/C=C/CC/C=C/CC/C=C/CCCCCCCCCCCCCCCCCCCC. The van der Waals surface area contributed by atoms with Crippen LogP contribution in [0.2, 0.25) is 0 Å². The van der Waals surface area contributed by atoms with Gasteiger partial charge in [0.15, 0.2) is 0 Å². The number of carbonyl (C=O) groups is 1. The summed E-state index contributed by atoms with van der Waals surface area (Å²) >= 11 is 0. The number of unbranched alkanes of at least 4 members (excludes halogenated alkanes) is 36. The van der Waals surface area contributed by atoms with Crippen molar-refractivity contribution in [1.82, 2.24) is 5.32 Å². The minimum absolute atomic E-state index is 0.0518. The molecule has 0 rings (SSSR count). The molecule has 0 fully saturated rings. The molecular weight excluding hydrogens is 924 g/mol. The fourth-order valence-corrected chi connectivity index (χ4v) is 9.78. The maximum absolute atomic E-state index is 13.0. The number of aliphatic hydroxyl groups is 1. The quantitative estimate of drug-likeness (QED) is 0.0243. The van der Waals surface area contributed by atoms with Crippen LogP contribution in [0.4, 0.5) is 0 Å². The largest absolute Gasteiger partial charge is 0.472 e. The van der Waals surface area contributed by atoms with Crippen LogP contribution in [0, 0.1) is 0 Å². The summed E-state index contributed by atoms with van der Waals surface area (Å²) < 4.78 is 23.7. The summed E-state index contributed by atoms with van der Waals surface area (Å²) in [7, 11) is 1.55. The molecule has 0 saturated carbocycles. The Morgan fingerprint density at radius 3 is 1.18 bits per heavy atom. The van der Waals surface area contributed by atoms with Gasteiger partial charge in [-0.05, 0) is 77.0 Å². The Kier molecular flexibility index (Phi) is 53.6. The van der Waals surface area contributed by atoms with Crippen molar-refractivity contribution < 1.29 is 32.9 Å². The lowest BCUT2D eigenvalue weighted by Gasteiger charge is -2.25. The van der Waals surface area contributed by atoms with Gasteiger partial charge in [-0.25, -0.2) is 4.57 Å². The fourth-order valence-electron chi connectivity index (χ4n) is 9.05. The van der Waals surface area contributed by atoms with Crippen LogP contribution in [0.15, 0.2) is 60.8 Å². The minimum atomic E-state index is -4.36. The van der Waals surface area contributed by atoms with Crippen molar-refractivity contribution in [2.75, 3.05) is 40.9 Å². The number of carbonyl (C=O) groups excluding carboxylic acids is 1. The number of aliphatic hydroxyl groups excluding tert-OH is 1. The average molecular weight is 1050 g/mol. The van der Waals surface area contributed by atoms with Crippen LogP contribution in [0.1, 0.15) is 290 Å². The van der Waals surface area contributed by atoms with E-state index in [1.807, 2.05) is 27.2 Å². The second-order valence-corrected chi connectivity index (χ2v) is 23.9. The summed E-state index contributed by atoms with van der Waals surface area (Å²) in [4.78, 5) is 23.3. The highest BCUT2D eigenvalue weighted by Crippen LogP contribution is 2.43. The molecule has 3 unspecified atom stereocenters. The number of phosphoric acid groups is 1. The van der Waals surface area contributed by atoms with Crippen molar-refractivity contribution in [2.45, 2.75) is 302 Å². The van der Waals surface area contributed by atoms with Crippen molar-refractivity contribution in [1.29, 1.82) is 0 Å². The van der Waals surface area contributed by atoms with E-state index in [9.17, 15) is 19.4 Å². The van der Waals surface area contributed by atoms with Crippen LogP contribution in [-0.2, 0) is 18.4 Å². The third-order valence-corrected chi connectivity index (χ3v) is 14.9. The summed E-state index contributed by atoms with van der Waals surface area (Å²) in [6.45, 7) is 4.80. The van der Waals surface area contributed by atoms with Crippen molar-refractivity contribution in [3.63, 3.8) is 0 Å².